The Balaban J connectivity index is 1.48. The second-order valence-corrected chi connectivity index (χ2v) is 8.59. The first-order valence-electron chi connectivity index (χ1n) is 12.1. The van der Waals surface area contributed by atoms with Crippen molar-refractivity contribution in [3.05, 3.63) is 108 Å². The van der Waals surface area contributed by atoms with Gasteiger partial charge in [0.2, 0.25) is 5.91 Å². The molecular weight excluding hydrogens is 484 g/mol. The predicted octanol–water partition coefficient (Wildman–Crippen LogP) is 3.37. The number of esters is 1. The van der Waals surface area contributed by atoms with E-state index in [-0.39, 0.29) is 19.4 Å². The number of carbonyl (C=O) groups excluding carboxylic acids is 3. The monoisotopic (exact) mass is 512 g/mol. The normalized spacial score (nSPS) is 12.2. The number of methoxy groups -OCH3 is 1. The third-order valence-electron chi connectivity index (χ3n) is 5.82. The third kappa shape index (κ3) is 7.36. The number of hydrogen-bond acceptors (Lipinski definition) is 7. The lowest BCUT2D eigenvalue weighted by Crippen LogP contribution is -2.53. The quantitative estimate of drug-likeness (QED) is 0.313. The molecule has 4 rings (SSSR count). The van der Waals surface area contributed by atoms with Gasteiger partial charge in [0.15, 0.2) is 0 Å². The Morgan fingerprint density at radius 2 is 1.39 bits per heavy atom. The van der Waals surface area contributed by atoms with Crippen LogP contribution in [0.1, 0.15) is 16.8 Å². The SMILES string of the molecule is COC(=O)[C@@H](Cc1cnc2ccccc2n1)NC(=O)[C@H](Cc1ccccc1)NC(=O)OCc1ccccc1. The van der Waals surface area contributed by atoms with Crippen molar-refractivity contribution >= 4 is 29.0 Å². The Morgan fingerprint density at radius 1 is 0.763 bits per heavy atom. The number of fused-ring (bicyclic) bond motifs is 1. The Hall–Kier alpha value is -4.79. The molecular formula is C29H28N4O5. The van der Waals surface area contributed by atoms with Gasteiger partial charge < -0.3 is 20.1 Å². The van der Waals surface area contributed by atoms with Gasteiger partial charge in [-0.2, -0.15) is 0 Å². The zero-order chi connectivity index (χ0) is 26.7. The van der Waals surface area contributed by atoms with Crippen LogP contribution in [-0.2, 0) is 38.5 Å². The molecule has 4 aromatic rings. The Kier molecular flexibility index (Phi) is 8.96. The molecule has 194 valence electrons. The summed E-state index contributed by atoms with van der Waals surface area (Å²) >= 11 is 0. The zero-order valence-corrected chi connectivity index (χ0v) is 20.9. The zero-order valence-electron chi connectivity index (χ0n) is 20.9. The minimum Gasteiger partial charge on any atom is -0.467 e. The molecule has 0 unspecified atom stereocenters. The van der Waals surface area contributed by atoms with Crippen molar-refractivity contribution in [3.8, 4) is 0 Å². The van der Waals surface area contributed by atoms with Gasteiger partial charge in [-0.25, -0.2) is 14.6 Å². The van der Waals surface area contributed by atoms with Gasteiger partial charge in [0.05, 0.1) is 23.8 Å². The number of rotatable bonds is 10. The molecule has 0 aliphatic rings. The summed E-state index contributed by atoms with van der Waals surface area (Å²) in [5, 5.41) is 5.34. The molecule has 0 aliphatic heterocycles. The van der Waals surface area contributed by atoms with E-state index in [1.165, 1.54) is 7.11 Å². The molecule has 38 heavy (non-hydrogen) atoms. The van der Waals surface area contributed by atoms with Crippen molar-refractivity contribution in [1.29, 1.82) is 0 Å². The Bertz CT molecular complexity index is 1380. The number of amides is 2. The van der Waals surface area contributed by atoms with Crippen LogP contribution in [0.25, 0.3) is 11.0 Å². The highest BCUT2D eigenvalue weighted by molar-refractivity contribution is 5.90. The second kappa shape index (κ2) is 13.0. The molecule has 9 nitrogen and oxygen atoms in total. The lowest BCUT2D eigenvalue weighted by molar-refractivity contribution is -0.145. The highest BCUT2D eigenvalue weighted by atomic mass is 16.5. The molecule has 2 N–H and O–H groups in total. The molecule has 0 aliphatic carbocycles. The molecule has 0 bridgehead atoms. The van der Waals surface area contributed by atoms with Gasteiger partial charge in [-0.3, -0.25) is 9.78 Å². The minimum absolute atomic E-state index is 0.0533. The molecule has 3 aromatic carbocycles. The van der Waals surface area contributed by atoms with Crippen LogP contribution >= 0.6 is 0 Å². The van der Waals surface area contributed by atoms with E-state index in [0.717, 1.165) is 16.6 Å². The Labute approximate surface area is 220 Å². The maximum Gasteiger partial charge on any atom is 0.408 e. The van der Waals surface area contributed by atoms with Crippen molar-refractivity contribution in [2.24, 2.45) is 0 Å². The van der Waals surface area contributed by atoms with Gasteiger partial charge in [0.1, 0.15) is 18.7 Å². The molecule has 1 aromatic heterocycles. The topological polar surface area (TPSA) is 120 Å². The molecule has 0 spiro atoms. The molecule has 9 heteroatoms. The van der Waals surface area contributed by atoms with E-state index < -0.39 is 30.1 Å². The maximum atomic E-state index is 13.4. The first-order chi connectivity index (χ1) is 18.5. The van der Waals surface area contributed by atoms with Crippen LogP contribution in [0.2, 0.25) is 0 Å². The predicted molar refractivity (Wildman–Crippen MR) is 141 cm³/mol. The molecule has 0 saturated heterocycles. The summed E-state index contributed by atoms with van der Waals surface area (Å²) in [7, 11) is 1.24. The van der Waals surface area contributed by atoms with E-state index >= 15 is 0 Å². The number of nitrogens with zero attached hydrogens (tertiary/aromatic N) is 2. The summed E-state index contributed by atoms with van der Waals surface area (Å²) < 4.78 is 10.2. The van der Waals surface area contributed by atoms with E-state index in [0.29, 0.717) is 11.2 Å². The van der Waals surface area contributed by atoms with Gasteiger partial charge >= 0.3 is 12.1 Å². The molecule has 2 amide bonds. The maximum absolute atomic E-state index is 13.4. The van der Waals surface area contributed by atoms with Crippen LogP contribution in [-0.4, -0.2) is 47.1 Å². The van der Waals surface area contributed by atoms with Crippen molar-refractivity contribution in [2.75, 3.05) is 7.11 Å². The highest BCUT2D eigenvalue weighted by Crippen LogP contribution is 2.11. The number of hydrogen-bond donors (Lipinski definition) is 2. The molecule has 0 radical (unpaired) electrons. The van der Waals surface area contributed by atoms with E-state index in [9.17, 15) is 14.4 Å². The van der Waals surface area contributed by atoms with Gasteiger partial charge in [0.25, 0.3) is 0 Å². The van der Waals surface area contributed by atoms with Crippen LogP contribution in [0.5, 0.6) is 0 Å². The van der Waals surface area contributed by atoms with Gasteiger partial charge in [-0.15, -0.1) is 0 Å². The Morgan fingerprint density at radius 3 is 2.08 bits per heavy atom. The number of ether oxygens (including phenoxy) is 2. The van der Waals surface area contributed by atoms with E-state index in [2.05, 4.69) is 20.6 Å². The first-order valence-corrected chi connectivity index (χ1v) is 12.1. The molecule has 1 heterocycles. The number of alkyl carbamates (subject to hydrolysis) is 1. The number of aromatic nitrogens is 2. The standard InChI is InChI=1S/C29H28N4O5/c1-37-28(35)26(17-22-18-30-23-14-8-9-15-24(23)31-22)32-27(34)25(16-20-10-4-2-5-11-20)33-29(36)38-19-21-12-6-3-7-13-21/h2-15,18,25-26H,16-17,19H2,1H3,(H,32,34)(H,33,36)/t25-,26+/m0/s1. The van der Waals surface area contributed by atoms with Crippen LogP contribution in [0.15, 0.2) is 91.1 Å². The van der Waals surface area contributed by atoms with Crippen LogP contribution in [0.4, 0.5) is 4.79 Å². The summed E-state index contributed by atoms with van der Waals surface area (Å²) in [6, 6.07) is 23.8. The fourth-order valence-electron chi connectivity index (χ4n) is 3.88. The summed E-state index contributed by atoms with van der Waals surface area (Å²) in [4.78, 5) is 47.5. The third-order valence-corrected chi connectivity index (χ3v) is 5.82. The average Bonchev–Trinajstić information content (AvgIpc) is 2.96. The van der Waals surface area contributed by atoms with E-state index in [1.807, 2.05) is 84.9 Å². The fourth-order valence-corrected chi connectivity index (χ4v) is 3.88. The van der Waals surface area contributed by atoms with Crippen molar-refractivity contribution in [1.82, 2.24) is 20.6 Å². The number of benzene rings is 3. The molecule has 0 saturated carbocycles. The van der Waals surface area contributed by atoms with Gasteiger partial charge in [-0.1, -0.05) is 72.8 Å². The summed E-state index contributed by atoms with van der Waals surface area (Å²) in [6.45, 7) is 0.0533. The lowest BCUT2D eigenvalue weighted by Gasteiger charge is -2.22. The van der Waals surface area contributed by atoms with Crippen LogP contribution < -0.4 is 10.6 Å². The highest BCUT2D eigenvalue weighted by Gasteiger charge is 2.28. The number of nitrogens with one attached hydrogen (secondary N) is 2. The van der Waals surface area contributed by atoms with Crippen molar-refractivity contribution < 1.29 is 23.9 Å². The lowest BCUT2D eigenvalue weighted by atomic mass is 10.0. The molecule has 0 fully saturated rings. The van der Waals surface area contributed by atoms with Crippen LogP contribution in [0, 0.1) is 0 Å². The van der Waals surface area contributed by atoms with E-state index in [1.54, 1.807) is 6.20 Å². The largest absolute Gasteiger partial charge is 0.467 e. The summed E-state index contributed by atoms with van der Waals surface area (Å²) in [5.41, 5.74) is 3.54. The van der Waals surface area contributed by atoms with Gasteiger partial charge in [0, 0.05) is 19.0 Å². The fraction of sp³-hybridized carbons (Fsp3) is 0.207. The van der Waals surface area contributed by atoms with E-state index in [4.69, 9.17) is 9.47 Å². The number of carbonyl (C=O) groups is 3. The average molecular weight is 513 g/mol. The van der Waals surface area contributed by atoms with Crippen molar-refractivity contribution in [3.63, 3.8) is 0 Å². The minimum atomic E-state index is -1.04. The first kappa shape index (κ1) is 26.3. The number of para-hydroxylation sites is 2. The summed E-state index contributed by atoms with van der Waals surface area (Å²) in [6.07, 6.45) is 1.06. The van der Waals surface area contributed by atoms with Gasteiger partial charge in [-0.05, 0) is 23.3 Å². The molecule has 2 atom stereocenters. The second-order valence-electron chi connectivity index (χ2n) is 8.59. The summed E-state index contributed by atoms with van der Waals surface area (Å²) in [5.74, 6) is -1.20. The van der Waals surface area contributed by atoms with Crippen LogP contribution in [0.3, 0.4) is 0 Å². The smallest absolute Gasteiger partial charge is 0.408 e. The van der Waals surface area contributed by atoms with Crippen molar-refractivity contribution in [2.45, 2.75) is 31.5 Å².